The number of aliphatic hydroxyl groups is 3. The zero-order valence-corrected chi connectivity index (χ0v) is 14.2. The molecule has 1 aromatic rings. The Labute approximate surface area is 142 Å². The number of hydrogen-bond acceptors (Lipinski definition) is 6. The van der Waals surface area contributed by atoms with Gasteiger partial charge in [-0.15, -0.1) is 0 Å². The van der Waals surface area contributed by atoms with Crippen LogP contribution in [0.3, 0.4) is 0 Å². The number of ether oxygens (including phenoxy) is 1. The molecule has 0 bridgehead atoms. The van der Waals surface area contributed by atoms with Gasteiger partial charge in [-0.1, -0.05) is 26.8 Å². The van der Waals surface area contributed by atoms with Crippen molar-refractivity contribution in [2.45, 2.75) is 39.7 Å². The Morgan fingerprint density at radius 3 is 2.33 bits per heavy atom. The molecular weight excluding hydrogens is 312 g/mol. The molecule has 2 unspecified atom stereocenters. The molecule has 1 aliphatic heterocycles. The summed E-state index contributed by atoms with van der Waals surface area (Å²) in [6.45, 7) is 6.07. The van der Waals surface area contributed by atoms with Crippen LogP contribution in [0.5, 0.6) is 17.2 Å². The van der Waals surface area contributed by atoms with E-state index in [4.69, 9.17) is 20.1 Å². The predicted octanol–water partition coefficient (Wildman–Crippen LogP) is 3.33. The highest BCUT2D eigenvalue weighted by Gasteiger charge is 2.21. The molecule has 3 rings (SSSR count). The summed E-state index contributed by atoms with van der Waals surface area (Å²) < 4.78 is 5.13. The topological polar surface area (TPSA) is 110 Å². The monoisotopic (exact) mass is 338 g/mol. The Balaban J connectivity index is 0.000000230. The highest BCUT2D eigenvalue weighted by Crippen LogP contribution is 2.35. The summed E-state index contributed by atoms with van der Waals surface area (Å²) >= 11 is 0. The van der Waals surface area contributed by atoms with Crippen LogP contribution >= 0.6 is 0 Å². The minimum Gasteiger partial charge on any atom is -0.508 e. The summed E-state index contributed by atoms with van der Waals surface area (Å²) in [4.78, 5) is 0. The van der Waals surface area contributed by atoms with E-state index in [0.717, 1.165) is 6.42 Å². The molecule has 0 amide bonds. The molecule has 24 heavy (non-hydrogen) atoms. The van der Waals surface area contributed by atoms with Gasteiger partial charge < -0.3 is 30.3 Å². The predicted molar refractivity (Wildman–Crippen MR) is 91.5 cm³/mol. The number of allylic oxidation sites excluding steroid dienone is 3. The van der Waals surface area contributed by atoms with E-state index in [1.54, 1.807) is 0 Å². The fraction of sp³-hybridized carbons (Fsp3) is 0.444. The van der Waals surface area contributed by atoms with E-state index < -0.39 is 6.10 Å². The van der Waals surface area contributed by atoms with Gasteiger partial charge in [0.25, 0.3) is 0 Å². The second kappa shape index (κ2) is 9.08. The molecule has 5 N–H and O–H groups in total. The molecule has 1 aliphatic carbocycles. The number of hydrogen-bond donors (Lipinski definition) is 5. The summed E-state index contributed by atoms with van der Waals surface area (Å²) in [5.74, 6) is 0.574. The maximum atomic E-state index is 9.40. The first-order chi connectivity index (χ1) is 11.4. The van der Waals surface area contributed by atoms with Crippen molar-refractivity contribution in [2.75, 3.05) is 6.61 Å². The lowest BCUT2D eigenvalue weighted by atomic mass is 10.0. The number of rotatable bonds is 0. The van der Waals surface area contributed by atoms with Crippen LogP contribution in [0.2, 0.25) is 0 Å². The van der Waals surface area contributed by atoms with E-state index in [-0.39, 0.29) is 35.5 Å². The van der Waals surface area contributed by atoms with Gasteiger partial charge in [-0.3, -0.25) is 0 Å². The van der Waals surface area contributed by atoms with E-state index in [0.29, 0.717) is 17.7 Å². The van der Waals surface area contributed by atoms with E-state index in [9.17, 15) is 10.2 Å². The van der Waals surface area contributed by atoms with E-state index in [1.165, 1.54) is 18.2 Å². The number of fused-ring (bicyclic) bond motifs is 1. The van der Waals surface area contributed by atoms with Gasteiger partial charge in [0.15, 0.2) is 5.76 Å². The van der Waals surface area contributed by atoms with Crippen molar-refractivity contribution in [1.29, 1.82) is 0 Å². The molecule has 2 aliphatic rings. The number of benzene rings is 1. The number of phenolic OH excluding ortho intramolecular Hbond substituents is 2. The molecule has 0 spiro atoms. The highest BCUT2D eigenvalue weighted by atomic mass is 16.5. The third-order valence-electron chi connectivity index (χ3n) is 3.54. The maximum absolute atomic E-state index is 9.40. The lowest BCUT2D eigenvalue weighted by Gasteiger charge is -2.22. The summed E-state index contributed by atoms with van der Waals surface area (Å²) in [5.41, 5.74) is 0.552. The maximum Gasteiger partial charge on any atom is 0.152 e. The number of phenols is 2. The van der Waals surface area contributed by atoms with Crippen LogP contribution in [0.1, 0.15) is 32.8 Å². The van der Waals surface area contributed by atoms with Gasteiger partial charge >= 0.3 is 0 Å². The van der Waals surface area contributed by atoms with Crippen molar-refractivity contribution in [3.8, 4) is 17.2 Å². The van der Waals surface area contributed by atoms with Crippen LogP contribution < -0.4 is 4.74 Å². The molecule has 0 radical (unpaired) electrons. The fourth-order valence-corrected chi connectivity index (χ4v) is 2.26. The molecule has 0 saturated carbocycles. The van der Waals surface area contributed by atoms with E-state index in [2.05, 4.69) is 0 Å². The SMILES string of the molecule is CC.CC1CC=CC(O)=C1O.Oc1cc(O)c2c(c1)OCC(O)C2. The molecule has 134 valence electrons. The molecule has 2 atom stereocenters. The van der Waals surface area contributed by atoms with Crippen molar-refractivity contribution in [3.63, 3.8) is 0 Å². The van der Waals surface area contributed by atoms with Crippen molar-refractivity contribution in [1.82, 2.24) is 0 Å². The largest absolute Gasteiger partial charge is 0.508 e. The zero-order valence-electron chi connectivity index (χ0n) is 14.2. The minimum absolute atomic E-state index is 0.00810. The molecule has 1 heterocycles. The summed E-state index contributed by atoms with van der Waals surface area (Å²) in [6.07, 6.45) is 3.97. The van der Waals surface area contributed by atoms with Crippen molar-refractivity contribution in [2.24, 2.45) is 5.92 Å². The fourth-order valence-electron chi connectivity index (χ4n) is 2.26. The van der Waals surface area contributed by atoms with Gasteiger partial charge in [0.1, 0.15) is 29.6 Å². The van der Waals surface area contributed by atoms with Gasteiger partial charge in [0, 0.05) is 30.0 Å². The third-order valence-corrected chi connectivity index (χ3v) is 3.54. The Morgan fingerprint density at radius 2 is 1.75 bits per heavy atom. The quantitative estimate of drug-likeness (QED) is 0.496. The third kappa shape index (κ3) is 5.09. The van der Waals surface area contributed by atoms with Crippen molar-refractivity contribution >= 4 is 0 Å². The van der Waals surface area contributed by atoms with Crippen LogP contribution in [0, 0.1) is 5.92 Å². The van der Waals surface area contributed by atoms with Gasteiger partial charge in [-0.05, 0) is 12.5 Å². The highest BCUT2D eigenvalue weighted by molar-refractivity contribution is 5.50. The number of aliphatic hydroxyl groups excluding tert-OH is 3. The standard InChI is InChI=1S/C9H10O4.C7H10O2.C2H6/c10-5-2-8(12)7-1-6(11)4-13-9(7)3-5;1-5-3-2-4-6(8)7(5)9;1-2/h2-3,6,10-12H,1,4H2;2,4-5,8-9H,3H2,1H3;1-2H3. The summed E-state index contributed by atoms with van der Waals surface area (Å²) in [7, 11) is 0. The molecule has 6 nitrogen and oxygen atoms in total. The summed E-state index contributed by atoms with van der Waals surface area (Å²) in [5, 5.41) is 45.7. The van der Waals surface area contributed by atoms with Gasteiger partial charge in [-0.2, -0.15) is 0 Å². The lowest BCUT2D eigenvalue weighted by Crippen LogP contribution is -2.25. The normalized spacial score (nSPS) is 21.5. The first kappa shape index (κ1) is 19.7. The average Bonchev–Trinajstić information content (AvgIpc) is 2.56. The van der Waals surface area contributed by atoms with Gasteiger partial charge in [0.05, 0.1) is 6.10 Å². The number of aromatic hydroxyl groups is 2. The molecule has 0 aromatic heterocycles. The van der Waals surface area contributed by atoms with Crippen LogP contribution in [0.25, 0.3) is 0 Å². The zero-order chi connectivity index (χ0) is 18.3. The minimum atomic E-state index is -0.581. The first-order valence-corrected chi connectivity index (χ1v) is 8.02. The first-order valence-electron chi connectivity index (χ1n) is 8.02. The van der Waals surface area contributed by atoms with Gasteiger partial charge in [0.2, 0.25) is 0 Å². The average molecular weight is 338 g/mol. The van der Waals surface area contributed by atoms with E-state index >= 15 is 0 Å². The molecule has 0 saturated heterocycles. The van der Waals surface area contributed by atoms with Crippen LogP contribution in [-0.2, 0) is 6.42 Å². The van der Waals surface area contributed by atoms with Crippen LogP contribution in [-0.4, -0.2) is 38.2 Å². The summed E-state index contributed by atoms with van der Waals surface area (Å²) in [6, 6.07) is 2.67. The Hall–Kier alpha value is -2.34. The Kier molecular flexibility index (Phi) is 7.45. The molecular formula is C18H26O6. The second-order valence-corrected chi connectivity index (χ2v) is 5.42. The van der Waals surface area contributed by atoms with E-state index in [1.807, 2.05) is 26.8 Å². The van der Waals surface area contributed by atoms with Crippen molar-refractivity contribution < 1.29 is 30.3 Å². The van der Waals surface area contributed by atoms with Crippen LogP contribution in [0.15, 0.2) is 35.8 Å². The van der Waals surface area contributed by atoms with Crippen molar-refractivity contribution in [3.05, 3.63) is 41.4 Å². The molecule has 0 fully saturated rings. The molecule has 1 aromatic carbocycles. The second-order valence-electron chi connectivity index (χ2n) is 5.42. The smallest absolute Gasteiger partial charge is 0.152 e. The Bertz CT molecular complexity index is 606. The lowest BCUT2D eigenvalue weighted by molar-refractivity contribution is 0.0906. The molecule has 6 heteroatoms. The Morgan fingerprint density at radius 1 is 1.08 bits per heavy atom. The van der Waals surface area contributed by atoms with Gasteiger partial charge in [-0.25, -0.2) is 0 Å². The van der Waals surface area contributed by atoms with Crippen LogP contribution in [0.4, 0.5) is 0 Å².